The van der Waals surface area contributed by atoms with E-state index in [2.05, 4.69) is 21.3 Å². The summed E-state index contributed by atoms with van der Waals surface area (Å²) in [5, 5.41) is 21.2. The monoisotopic (exact) mass is 1400 g/mol. The van der Waals surface area contributed by atoms with Crippen LogP contribution in [0.25, 0.3) is 0 Å². The van der Waals surface area contributed by atoms with Crippen LogP contribution >= 0.6 is 0 Å². The minimum absolute atomic E-state index is 0.0505. The molecule has 0 aliphatic heterocycles. The molecule has 0 aliphatic rings. The van der Waals surface area contributed by atoms with Gasteiger partial charge in [0.25, 0.3) is 0 Å². The molecule has 0 aromatic carbocycles. The molecule has 12 amide bonds. The van der Waals surface area contributed by atoms with E-state index in [1.807, 2.05) is 48.5 Å². The van der Waals surface area contributed by atoms with Gasteiger partial charge in [-0.2, -0.15) is 0 Å². The number of nitrogens with zero attached hydrogens (tertiary/aromatic N) is 9. The quantitative estimate of drug-likeness (QED) is 0.0572. The number of hydrogen-bond acceptors (Lipinski definition) is 14. The van der Waals surface area contributed by atoms with Crippen LogP contribution in [0.1, 0.15) is 179 Å². The SMILES string of the molecule is CC[C@H](C)[C@H](NC(=O)[C@H](C(C)C)N(C)C(=O)[C@H](C)N(C)C(=O)[C@H](C)N(C)C(=O)[C@H](C)N(C)C(=O)[C@H](C(C)C)N(C)C(=O)[C@H](C(C)C)N(C)C(=O)[C@H]([C@@H](C)CC)N(C)C(=O)[C@H](C(C)C)N(C)C(=O)[C@@H](NC(=O)[C@@H](NC)C(C)C)C(C)C)C(=O)N(C)[C@H](C(=O)N[C@@H](CC(C)C)C(=O)O)C(C)C. The summed E-state index contributed by atoms with van der Waals surface area (Å²) in [7, 11) is 14.7. The van der Waals surface area contributed by atoms with Crippen molar-refractivity contribution in [1.82, 2.24) is 65.4 Å². The molecule has 0 aliphatic carbocycles. The van der Waals surface area contributed by atoms with E-state index in [4.69, 9.17) is 0 Å². The molecule has 0 radical (unpaired) electrons. The molecule has 0 heterocycles. The van der Waals surface area contributed by atoms with E-state index in [-0.39, 0.29) is 30.1 Å². The number of nitrogens with one attached hydrogen (secondary N) is 4. The number of carboxylic acid groups (broad SMARTS) is 1. The first-order valence-corrected chi connectivity index (χ1v) is 35.6. The van der Waals surface area contributed by atoms with Crippen LogP contribution in [0.2, 0.25) is 0 Å². The van der Waals surface area contributed by atoms with Crippen molar-refractivity contribution >= 4 is 76.9 Å². The minimum Gasteiger partial charge on any atom is -0.480 e. The topological polar surface area (TPSA) is 319 Å². The average Bonchev–Trinajstić information content (AvgIpc) is 0.797. The maximum absolute atomic E-state index is 15.1. The zero-order chi connectivity index (χ0) is 77.9. The maximum atomic E-state index is 15.1. The van der Waals surface area contributed by atoms with Crippen molar-refractivity contribution in [3.05, 3.63) is 0 Å². The van der Waals surface area contributed by atoms with Gasteiger partial charge in [0.2, 0.25) is 70.9 Å². The highest BCUT2D eigenvalue weighted by atomic mass is 16.4. The Balaban J connectivity index is 6.88. The van der Waals surface area contributed by atoms with Gasteiger partial charge in [-0.05, 0) is 93.4 Å². The van der Waals surface area contributed by atoms with E-state index in [9.17, 15) is 57.8 Å². The van der Waals surface area contributed by atoms with Gasteiger partial charge in [0, 0.05) is 63.4 Å². The van der Waals surface area contributed by atoms with Gasteiger partial charge < -0.3 is 70.5 Å². The van der Waals surface area contributed by atoms with Crippen molar-refractivity contribution in [2.75, 3.05) is 70.5 Å². The average molecular weight is 1400 g/mol. The fourth-order valence-corrected chi connectivity index (χ4v) is 13.0. The third kappa shape index (κ3) is 23.6. The first-order valence-electron chi connectivity index (χ1n) is 35.6. The first kappa shape index (κ1) is 92.1. The number of carbonyl (C=O) groups excluding carboxylic acids is 12. The normalized spacial score (nSPS) is 16.4. The standard InChI is InChI=1S/C72H133N13O14/c1-34-45(19)53(67(93)81(29)54(40(9)10)61(87)74-50(72(98)99)36-37(3)4)76-62(88)55(41(11)12)80(28)65(91)49(23)78(26)63(89)47(21)77(25)64(90)48(22)79(27)68(94)56(42(13)14)83(31)69(95)58(44(17)18)84(32)71(97)59(46(20)35-2)85(33)70(96)57(43(15)16)82(30)66(92)52(39(7)8)75-60(86)51(73-24)38(5)6/h37-59,73H,34-36H2,1-33H3,(H,74,87)(H,75,86)(H,76,88)(H,98,99)/t45-,46-,47-,48-,49-,50-,51-,52-,53-,54-,55-,56-,57-,58-,59-/m0/s1. The van der Waals surface area contributed by atoms with E-state index in [1.165, 1.54) is 118 Å². The summed E-state index contributed by atoms with van der Waals surface area (Å²) in [6.45, 7) is 40.3. The van der Waals surface area contributed by atoms with Crippen molar-refractivity contribution in [3.63, 3.8) is 0 Å². The molecule has 27 nitrogen and oxygen atoms in total. The van der Waals surface area contributed by atoms with Crippen LogP contribution in [0, 0.1) is 59.2 Å². The van der Waals surface area contributed by atoms with Crippen molar-refractivity contribution < 1.29 is 67.4 Å². The Labute approximate surface area is 594 Å². The van der Waals surface area contributed by atoms with E-state index in [0.29, 0.717) is 12.8 Å². The second kappa shape index (κ2) is 40.5. The van der Waals surface area contributed by atoms with Crippen molar-refractivity contribution in [2.24, 2.45) is 59.2 Å². The molecule has 0 bridgehead atoms. The summed E-state index contributed by atoms with van der Waals surface area (Å²) in [5.41, 5.74) is 0. The molecular weight excluding hydrogens is 1270 g/mol. The fourth-order valence-electron chi connectivity index (χ4n) is 13.0. The fraction of sp³-hybridized carbons (Fsp3) is 0.819. The molecule has 0 unspecified atom stereocenters. The highest BCUT2D eigenvalue weighted by Crippen LogP contribution is 2.27. The third-order valence-corrected chi connectivity index (χ3v) is 19.9. The Morgan fingerprint density at radius 1 is 0.293 bits per heavy atom. The van der Waals surface area contributed by atoms with E-state index < -0.39 is 191 Å². The lowest BCUT2D eigenvalue weighted by Crippen LogP contribution is -2.63. The Bertz CT molecular complexity index is 2760. The molecule has 0 saturated heterocycles. The molecule has 0 aromatic rings. The summed E-state index contributed by atoms with van der Waals surface area (Å²) >= 11 is 0. The lowest BCUT2D eigenvalue weighted by atomic mass is 9.91. The molecular formula is C72H133N13O14. The van der Waals surface area contributed by atoms with Crippen LogP contribution in [-0.2, 0) is 62.3 Å². The van der Waals surface area contributed by atoms with Crippen molar-refractivity contribution in [1.29, 1.82) is 0 Å². The number of aliphatic carboxylic acids is 1. The van der Waals surface area contributed by atoms with Crippen LogP contribution in [-0.4, -0.2) is 275 Å². The number of carboxylic acids is 1. The summed E-state index contributed by atoms with van der Waals surface area (Å²) in [4.78, 5) is 197. The number of hydrogen-bond donors (Lipinski definition) is 5. The Morgan fingerprint density at radius 3 is 0.869 bits per heavy atom. The van der Waals surface area contributed by atoms with Crippen LogP contribution in [0.15, 0.2) is 0 Å². The van der Waals surface area contributed by atoms with E-state index in [1.54, 1.807) is 97.1 Å². The Hall–Kier alpha value is -6.93. The van der Waals surface area contributed by atoms with Gasteiger partial charge >= 0.3 is 5.97 Å². The van der Waals surface area contributed by atoms with E-state index in [0.717, 1.165) is 9.80 Å². The lowest BCUT2D eigenvalue weighted by Gasteiger charge is -2.43. The van der Waals surface area contributed by atoms with Crippen LogP contribution < -0.4 is 21.3 Å². The van der Waals surface area contributed by atoms with Crippen LogP contribution in [0.5, 0.6) is 0 Å². The largest absolute Gasteiger partial charge is 0.480 e. The summed E-state index contributed by atoms with van der Waals surface area (Å²) in [5.74, 6) is -12.0. The highest BCUT2D eigenvalue weighted by Gasteiger charge is 2.47. The first-order chi connectivity index (χ1) is 45.3. The summed E-state index contributed by atoms with van der Waals surface area (Å²) < 4.78 is 0. The zero-order valence-corrected chi connectivity index (χ0v) is 66.7. The van der Waals surface area contributed by atoms with Gasteiger partial charge in [-0.15, -0.1) is 0 Å². The van der Waals surface area contributed by atoms with E-state index >= 15 is 9.59 Å². The highest BCUT2D eigenvalue weighted by molar-refractivity contribution is 6.00. The predicted octanol–water partition coefficient (Wildman–Crippen LogP) is 4.35. The molecule has 5 N–H and O–H groups in total. The lowest BCUT2D eigenvalue weighted by molar-refractivity contribution is -0.159. The Kier molecular flexibility index (Phi) is 37.7. The number of carbonyl (C=O) groups is 13. The number of likely N-dealkylation sites (N-methyl/N-ethyl adjacent to an activating group) is 10. The molecule has 99 heavy (non-hydrogen) atoms. The third-order valence-electron chi connectivity index (χ3n) is 19.9. The second-order valence-electron chi connectivity index (χ2n) is 30.5. The van der Waals surface area contributed by atoms with Gasteiger partial charge in [0.15, 0.2) is 0 Å². The smallest absolute Gasteiger partial charge is 0.326 e. The minimum atomic E-state index is -1.21. The van der Waals surface area contributed by atoms with Gasteiger partial charge in [0.05, 0.1) is 6.04 Å². The zero-order valence-electron chi connectivity index (χ0n) is 66.7. The van der Waals surface area contributed by atoms with Crippen molar-refractivity contribution in [2.45, 2.75) is 257 Å². The van der Waals surface area contributed by atoms with Gasteiger partial charge in [-0.25, -0.2) is 4.79 Å². The number of rotatable bonds is 39. The maximum Gasteiger partial charge on any atom is 0.326 e. The van der Waals surface area contributed by atoms with Crippen LogP contribution in [0.4, 0.5) is 0 Å². The summed E-state index contributed by atoms with van der Waals surface area (Å²) in [6, 6.07) is -14.3. The molecule has 0 spiro atoms. The molecule has 0 aromatic heterocycles. The molecule has 570 valence electrons. The Morgan fingerprint density at radius 2 is 0.556 bits per heavy atom. The molecule has 27 heteroatoms. The molecule has 0 fully saturated rings. The van der Waals surface area contributed by atoms with Gasteiger partial charge in [-0.1, -0.05) is 151 Å². The summed E-state index contributed by atoms with van der Waals surface area (Å²) in [6.07, 6.45) is 1.05. The molecule has 0 rings (SSSR count). The predicted molar refractivity (Wildman–Crippen MR) is 385 cm³/mol. The van der Waals surface area contributed by atoms with Crippen molar-refractivity contribution in [3.8, 4) is 0 Å². The van der Waals surface area contributed by atoms with Crippen LogP contribution in [0.3, 0.4) is 0 Å². The number of amides is 12. The molecule has 0 saturated carbocycles. The molecule has 15 atom stereocenters. The second-order valence-corrected chi connectivity index (χ2v) is 30.5. The van der Waals surface area contributed by atoms with Gasteiger partial charge in [-0.3, -0.25) is 57.5 Å². The van der Waals surface area contributed by atoms with Gasteiger partial charge in [0.1, 0.15) is 72.5 Å².